The lowest BCUT2D eigenvalue weighted by Crippen LogP contribution is -2.05. The van der Waals surface area contributed by atoms with E-state index in [0.717, 1.165) is 11.1 Å². The van der Waals surface area contributed by atoms with Crippen molar-refractivity contribution in [1.82, 2.24) is 0 Å². The highest BCUT2D eigenvalue weighted by molar-refractivity contribution is 6.01. The number of nitro benzene ring substituents is 1. The van der Waals surface area contributed by atoms with E-state index in [4.69, 9.17) is 4.74 Å². The molecule has 0 fully saturated rings. The van der Waals surface area contributed by atoms with E-state index in [-0.39, 0.29) is 5.69 Å². The maximum atomic E-state index is 11.9. The molecule has 0 aliphatic carbocycles. The molecule has 0 aliphatic rings. The molecule has 112 valence electrons. The Bertz CT molecular complexity index is 718. The summed E-state index contributed by atoms with van der Waals surface area (Å²) in [5, 5.41) is 10.8. The first-order valence-electron chi connectivity index (χ1n) is 6.64. The van der Waals surface area contributed by atoms with Gasteiger partial charge < -0.3 is 4.74 Å². The van der Waals surface area contributed by atoms with Gasteiger partial charge in [-0.15, -0.1) is 0 Å². The fourth-order valence-electron chi connectivity index (χ4n) is 2.21. The maximum absolute atomic E-state index is 11.9. The predicted molar refractivity (Wildman–Crippen MR) is 83.3 cm³/mol. The van der Waals surface area contributed by atoms with Crippen LogP contribution in [0.4, 0.5) is 5.69 Å². The third kappa shape index (κ3) is 3.20. The van der Waals surface area contributed by atoms with Crippen molar-refractivity contribution < 1.29 is 14.5 Å². The van der Waals surface area contributed by atoms with Gasteiger partial charge in [-0.1, -0.05) is 30.3 Å². The standard InChI is InChI=1S/C17H15NO4/c1-12(17(19)22-2)16(13-6-4-3-5-7-13)14-8-10-15(11-9-14)18(20)21/h3-11H,1-2H3/b16-12+. The molecule has 2 aromatic carbocycles. The summed E-state index contributed by atoms with van der Waals surface area (Å²) in [4.78, 5) is 22.2. The Morgan fingerprint density at radius 2 is 1.55 bits per heavy atom. The summed E-state index contributed by atoms with van der Waals surface area (Å²) in [6.07, 6.45) is 0. The van der Waals surface area contributed by atoms with E-state index in [1.165, 1.54) is 19.2 Å². The number of rotatable bonds is 4. The Morgan fingerprint density at radius 1 is 1.00 bits per heavy atom. The molecule has 5 heteroatoms. The normalized spacial score (nSPS) is 11.5. The van der Waals surface area contributed by atoms with Gasteiger partial charge in [0.2, 0.25) is 0 Å². The van der Waals surface area contributed by atoms with Gasteiger partial charge in [-0.3, -0.25) is 10.1 Å². The number of hydrogen-bond donors (Lipinski definition) is 0. The van der Waals surface area contributed by atoms with Crippen LogP contribution in [0, 0.1) is 10.1 Å². The van der Waals surface area contributed by atoms with Crippen LogP contribution in [0.2, 0.25) is 0 Å². The smallest absolute Gasteiger partial charge is 0.334 e. The second-order valence-corrected chi connectivity index (χ2v) is 4.66. The summed E-state index contributed by atoms with van der Waals surface area (Å²) in [5.41, 5.74) is 2.72. The quantitative estimate of drug-likeness (QED) is 0.374. The highest BCUT2D eigenvalue weighted by Gasteiger charge is 2.16. The zero-order valence-corrected chi connectivity index (χ0v) is 12.3. The number of nitrogens with zero attached hydrogens (tertiary/aromatic N) is 1. The van der Waals surface area contributed by atoms with Gasteiger partial charge in [0.1, 0.15) is 0 Å². The summed E-state index contributed by atoms with van der Waals surface area (Å²) in [7, 11) is 1.32. The lowest BCUT2D eigenvalue weighted by molar-refractivity contribution is -0.384. The van der Waals surface area contributed by atoms with Crippen molar-refractivity contribution >= 4 is 17.2 Å². The minimum atomic E-state index is -0.456. The second kappa shape index (κ2) is 6.67. The van der Waals surface area contributed by atoms with E-state index < -0.39 is 10.9 Å². The van der Waals surface area contributed by atoms with Gasteiger partial charge in [0, 0.05) is 17.7 Å². The summed E-state index contributed by atoms with van der Waals surface area (Å²) in [6.45, 7) is 1.68. The number of non-ortho nitro benzene ring substituents is 1. The maximum Gasteiger partial charge on any atom is 0.334 e. The Kier molecular flexibility index (Phi) is 4.68. The number of carbonyl (C=O) groups is 1. The lowest BCUT2D eigenvalue weighted by atomic mass is 9.93. The van der Waals surface area contributed by atoms with Crippen LogP contribution in [0.15, 0.2) is 60.2 Å². The van der Waals surface area contributed by atoms with E-state index >= 15 is 0 Å². The van der Waals surface area contributed by atoms with Crippen molar-refractivity contribution in [2.75, 3.05) is 7.11 Å². The average Bonchev–Trinajstić information content (AvgIpc) is 2.55. The van der Waals surface area contributed by atoms with Crippen molar-refractivity contribution in [2.45, 2.75) is 6.92 Å². The zero-order chi connectivity index (χ0) is 16.1. The molecule has 0 N–H and O–H groups in total. The Balaban J connectivity index is 2.59. The van der Waals surface area contributed by atoms with Crippen molar-refractivity contribution in [3.05, 3.63) is 81.4 Å². The molecule has 0 spiro atoms. The van der Waals surface area contributed by atoms with Crippen LogP contribution in [-0.4, -0.2) is 18.0 Å². The predicted octanol–water partition coefficient (Wildman–Crippen LogP) is 3.59. The van der Waals surface area contributed by atoms with Crippen molar-refractivity contribution in [1.29, 1.82) is 0 Å². The zero-order valence-electron chi connectivity index (χ0n) is 12.3. The Morgan fingerprint density at radius 3 is 2.05 bits per heavy atom. The molecule has 0 saturated carbocycles. The van der Waals surface area contributed by atoms with Crippen molar-refractivity contribution in [3.63, 3.8) is 0 Å². The van der Waals surface area contributed by atoms with Gasteiger partial charge in [-0.25, -0.2) is 4.79 Å². The van der Waals surface area contributed by atoms with Crippen LogP contribution in [0.25, 0.3) is 5.57 Å². The molecule has 0 amide bonds. The van der Waals surface area contributed by atoms with Gasteiger partial charge in [0.05, 0.1) is 12.0 Å². The molecule has 0 aliphatic heterocycles. The molecule has 22 heavy (non-hydrogen) atoms. The van der Waals surface area contributed by atoms with E-state index in [1.807, 2.05) is 30.3 Å². The van der Waals surface area contributed by atoms with E-state index in [2.05, 4.69) is 0 Å². The number of nitro groups is 1. The minimum Gasteiger partial charge on any atom is -0.466 e. The topological polar surface area (TPSA) is 69.4 Å². The van der Waals surface area contributed by atoms with Gasteiger partial charge in [0.25, 0.3) is 5.69 Å². The van der Waals surface area contributed by atoms with Crippen LogP contribution < -0.4 is 0 Å². The van der Waals surface area contributed by atoms with E-state index in [0.29, 0.717) is 11.1 Å². The lowest BCUT2D eigenvalue weighted by Gasteiger charge is -2.12. The van der Waals surface area contributed by atoms with Gasteiger partial charge >= 0.3 is 5.97 Å². The first-order valence-corrected chi connectivity index (χ1v) is 6.64. The highest BCUT2D eigenvalue weighted by Crippen LogP contribution is 2.28. The third-order valence-electron chi connectivity index (χ3n) is 3.30. The van der Waals surface area contributed by atoms with E-state index in [9.17, 15) is 14.9 Å². The van der Waals surface area contributed by atoms with Crippen LogP contribution in [-0.2, 0) is 9.53 Å². The summed E-state index contributed by atoms with van der Waals surface area (Å²) in [5.74, 6) is -0.433. The van der Waals surface area contributed by atoms with Crippen LogP contribution in [0.3, 0.4) is 0 Å². The molecule has 0 atom stereocenters. The molecule has 0 bridgehead atoms. The Hall–Kier alpha value is -2.95. The first kappa shape index (κ1) is 15.4. The van der Waals surface area contributed by atoms with Gasteiger partial charge in [-0.05, 0) is 35.8 Å². The SMILES string of the molecule is COC(=O)/C(C)=C(\c1ccccc1)c1ccc([N+](=O)[O-])cc1. The fraction of sp³-hybridized carbons (Fsp3) is 0.118. The molecule has 2 aromatic rings. The molecule has 0 heterocycles. The molecular formula is C17H15NO4. The first-order chi connectivity index (χ1) is 10.5. The third-order valence-corrected chi connectivity index (χ3v) is 3.30. The monoisotopic (exact) mass is 297 g/mol. The number of methoxy groups -OCH3 is 1. The molecule has 2 rings (SSSR count). The summed E-state index contributed by atoms with van der Waals surface area (Å²) in [6, 6.07) is 15.5. The summed E-state index contributed by atoms with van der Waals surface area (Å²) < 4.78 is 4.79. The molecule has 5 nitrogen and oxygen atoms in total. The van der Waals surface area contributed by atoms with Crippen LogP contribution in [0.5, 0.6) is 0 Å². The molecule has 0 aromatic heterocycles. The van der Waals surface area contributed by atoms with Crippen molar-refractivity contribution in [2.24, 2.45) is 0 Å². The Labute approximate surface area is 128 Å². The fourth-order valence-corrected chi connectivity index (χ4v) is 2.21. The minimum absolute atomic E-state index is 0.00637. The molecular weight excluding hydrogens is 282 g/mol. The average molecular weight is 297 g/mol. The second-order valence-electron chi connectivity index (χ2n) is 4.66. The van der Waals surface area contributed by atoms with Crippen LogP contribution >= 0.6 is 0 Å². The highest BCUT2D eigenvalue weighted by atomic mass is 16.6. The van der Waals surface area contributed by atoms with Gasteiger partial charge in [0.15, 0.2) is 0 Å². The largest absolute Gasteiger partial charge is 0.466 e. The molecule has 0 radical (unpaired) electrons. The molecule has 0 saturated heterocycles. The number of hydrogen-bond acceptors (Lipinski definition) is 4. The van der Waals surface area contributed by atoms with Gasteiger partial charge in [-0.2, -0.15) is 0 Å². The van der Waals surface area contributed by atoms with E-state index in [1.54, 1.807) is 19.1 Å². The number of esters is 1. The molecule has 0 unspecified atom stereocenters. The number of ether oxygens (including phenoxy) is 1. The number of carbonyl (C=O) groups excluding carboxylic acids is 1. The number of benzene rings is 2. The summed E-state index contributed by atoms with van der Waals surface area (Å²) >= 11 is 0. The van der Waals surface area contributed by atoms with Crippen molar-refractivity contribution in [3.8, 4) is 0 Å². The van der Waals surface area contributed by atoms with Crippen LogP contribution in [0.1, 0.15) is 18.1 Å².